The van der Waals surface area contributed by atoms with Gasteiger partial charge < -0.3 is 4.74 Å². The number of hydrogen-bond donors (Lipinski definition) is 0. The minimum Gasteiger partial charge on any atom is -0.493 e. The van der Waals surface area contributed by atoms with Crippen molar-refractivity contribution in [3.05, 3.63) is 29.3 Å². The molecular weight excluding hydrogens is 268 g/mol. The standard InChI is InChI=1S/C17H26O2S/c1-12(2)11-19-17-7-6-15(10-14(17)5)16(18)8-9-20-13(3)4/h6-7,10,12-13H,8-9,11H2,1-5H3. The largest absolute Gasteiger partial charge is 0.493 e. The van der Waals surface area contributed by atoms with E-state index in [0.717, 1.165) is 22.6 Å². The molecule has 0 aliphatic heterocycles. The van der Waals surface area contributed by atoms with Gasteiger partial charge in [0.25, 0.3) is 0 Å². The highest BCUT2D eigenvalue weighted by Crippen LogP contribution is 2.21. The molecule has 0 unspecified atom stereocenters. The van der Waals surface area contributed by atoms with E-state index >= 15 is 0 Å². The molecule has 0 spiro atoms. The second-order valence-corrected chi connectivity index (χ2v) is 7.46. The maximum Gasteiger partial charge on any atom is 0.163 e. The Labute approximate surface area is 127 Å². The van der Waals surface area contributed by atoms with E-state index in [1.54, 1.807) is 0 Å². The van der Waals surface area contributed by atoms with Crippen molar-refractivity contribution in [3.63, 3.8) is 0 Å². The monoisotopic (exact) mass is 294 g/mol. The summed E-state index contributed by atoms with van der Waals surface area (Å²) in [6.45, 7) is 11.3. The van der Waals surface area contributed by atoms with Crippen LogP contribution in [0.15, 0.2) is 18.2 Å². The van der Waals surface area contributed by atoms with E-state index < -0.39 is 0 Å². The van der Waals surface area contributed by atoms with Crippen LogP contribution in [0.5, 0.6) is 5.75 Å². The first-order valence-electron chi connectivity index (χ1n) is 7.28. The molecule has 0 aromatic heterocycles. The Bertz CT molecular complexity index is 439. The van der Waals surface area contributed by atoms with Crippen LogP contribution in [0, 0.1) is 12.8 Å². The van der Waals surface area contributed by atoms with Crippen LogP contribution in [-0.4, -0.2) is 23.4 Å². The molecule has 0 radical (unpaired) electrons. The molecule has 20 heavy (non-hydrogen) atoms. The third-order valence-electron chi connectivity index (χ3n) is 2.85. The number of aryl methyl sites for hydroxylation is 1. The summed E-state index contributed by atoms with van der Waals surface area (Å²) in [5, 5.41) is 0.580. The molecule has 0 saturated heterocycles. The third kappa shape index (κ3) is 6.00. The molecule has 0 bridgehead atoms. The number of thioether (sulfide) groups is 1. The first-order chi connectivity index (χ1) is 9.40. The number of hydrogen-bond acceptors (Lipinski definition) is 3. The number of ether oxygens (including phenoxy) is 1. The second-order valence-electron chi connectivity index (χ2n) is 5.78. The van der Waals surface area contributed by atoms with E-state index in [9.17, 15) is 4.79 Å². The average molecular weight is 294 g/mol. The van der Waals surface area contributed by atoms with Gasteiger partial charge in [-0.1, -0.05) is 27.7 Å². The fraction of sp³-hybridized carbons (Fsp3) is 0.588. The van der Waals surface area contributed by atoms with Gasteiger partial charge >= 0.3 is 0 Å². The zero-order valence-corrected chi connectivity index (χ0v) is 14.0. The van der Waals surface area contributed by atoms with Gasteiger partial charge in [0.05, 0.1) is 6.61 Å². The smallest absolute Gasteiger partial charge is 0.163 e. The van der Waals surface area contributed by atoms with Gasteiger partial charge in [-0.3, -0.25) is 4.79 Å². The first kappa shape index (κ1) is 17.1. The number of rotatable bonds is 8. The molecule has 0 saturated carbocycles. The molecule has 0 fully saturated rings. The van der Waals surface area contributed by atoms with Gasteiger partial charge in [-0.25, -0.2) is 0 Å². The van der Waals surface area contributed by atoms with Gasteiger partial charge in [0.15, 0.2) is 5.78 Å². The number of ketones is 1. The quantitative estimate of drug-likeness (QED) is 0.648. The molecule has 112 valence electrons. The van der Waals surface area contributed by atoms with Crippen molar-refractivity contribution < 1.29 is 9.53 Å². The van der Waals surface area contributed by atoms with Crippen LogP contribution in [0.4, 0.5) is 0 Å². The predicted molar refractivity (Wildman–Crippen MR) is 88.1 cm³/mol. The summed E-state index contributed by atoms with van der Waals surface area (Å²) in [5.41, 5.74) is 1.83. The summed E-state index contributed by atoms with van der Waals surface area (Å²) in [6, 6.07) is 5.74. The van der Waals surface area contributed by atoms with Crippen molar-refractivity contribution in [1.82, 2.24) is 0 Å². The Morgan fingerprint density at radius 3 is 2.50 bits per heavy atom. The van der Waals surface area contributed by atoms with E-state index in [0.29, 0.717) is 24.2 Å². The molecule has 0 N–H and O–H groups in total. The number of carbonyl (C=O) groups is 1. The summed E-state index contributed by atoms with van der Waals surface area (Å²) < 4.78 is 5.73. The molecule has 1 aromatic carbocycles. The molecule has 0 atom stereocenters. The molecule has 1 rings (SSSR count). The lowest BCUT2D eigenvalue weighted by molar-refractivity contribution is 0.0989. The second kappa shape index (κ2) is 8.35. The van der Waals surface area contributed by atoms with Crippen LogP contribution in [0.1, 0.15) is 50.0 Å². The van der Waals surface area contributed by atoms with Crippen molar-refractivity contribution in [3.8, 4) is 5.75 Å². The summed E-state index contributed by atoms with van der Waals surface area (Å²) >= 11 is 1.83. The minimum absolute atomic E-state index is 0.219. The highest BCUT2D eigenvalue weighted by molar-refractivity contribution is 7.99. The lowest BCUT2D eigenvalue weighted by Gasteiger charge is -2.12. The molecule has 0 aliphatic carbocycles. The fourth-order valence-electron chi connectivity index (χ4n) is 1.77. The zero-order chi connectivity index (χ0) is 15.1. The highest BCUT2D eigenvalue weighted by Gasteiger charge is 2.09. The Balaban J connectivity index is 2.59. The number of Topliss-reactive ketones (excluding diaryl/α,β-unsaturated/α-hetero) is 1. The normalized spacial score (nSPS) is 11.2. The summed E-state index contributed by atoms with van der Waals surface area (Å²) in [7, 11) is 0. The van der Waals surface area contributed by atoms with E-state index in [-0.39, 0.29) is 5.78 Å². The topological polar surface area (TPSA) is 26.3 Å². The van der Waals surface area contributed by atoms with Gasteiger partial charge in [0.1, 0.15) is 5.75 Å². The summed E-state index contributed by atoms with van der Waals surface area (Å²) in [5.74, 6) is 2.49. The lowest BCUT2D eigenvalue weighted by atomic mass is 10.1. The minimum atomic E-state index is 0.219. The fourth-order valence-corrected chi connectivity index (χ4v) is 2.55. The Hall–Kier alpha value is -0.960. The number of benzene rings is 1. The molecule has 2 nitrogen and oxygen atoms in total. The van der Waals surface area contributed by atoms with Crippen molar-refractivity contribution in [1.29, 1.82) is 0 Å². The molecule has 1 aromatic rings. The van der Waals surface area contributed by atoms with Crippen LogP contribution in [0.2, 0.25) is 0 Å². The lowest BCUT2D eigenvalue weighted by Crippen LogP contribution is -2.07. The van der Waals surface area contributed by atoms with Crippen molar-refractivity contribution in [2.45, 2.75) is 46.3 Å². The molecule has 0 heterocycles. The van der Waals surface area contributed by atoms with E-state index in [2.05, 4.69) is 27.7 Å². The van der Waals surface area contributed by atoms with Crippen LogP contribution >= 0.6 is 11.8 Å². The van der Waals surface area contributed by atoms with E-state index in [1.165, 1.54) is 0 Å². The SMILES string of the molecule is Cc1cc(C(=O)CCSC(C)C)ccc1OCC(C)C. The molecular formula is C17H26O2S. The van der Waals surface area contributed by atoms with Crippen LogP contribution in [-0.2, 0) is 0 Å². The van der Waals surface area contributed by atoms with Gasteiger partial charge in [-0.15, -0.1) is 0 Å². The predicted octanol–water partition coefficient (Wildman–Crippen LogP) is 4.74. The Kier molecular flexibility index (Phi) is 7.14. The van der Waals surface area contributed by atoms with Gasteiger partial charge in [0, 0.05) is 17.7 Å². The average Bonchev–Trinajstić information content (AvgIpc) is 2.36. The zero-order valence-electron chi connectivity index (χ0n) is 13.2. The third-order valence-corrected chi connectivity index (χ3v) is 3.96. The van der Waals surface area contributed by atoms with Gasteiger partial charge in [0.2, 0.25) is 0 Å². The van der Waals surface area contributed by atoms with Crippen LogP contribution in [0.25, 0.3) is 0 Å². The van der Waals surface area contributed by atoms with Crippen molar-refractivity contribution in [2.24, 2.45) is 5.92 Å². The van der Waals surface area contributed by atoms with E-state index in [4.69, 9.17) is 4.74 Å². The molecule has 0 aliphatic rings. The van der Waals surface area contributed by atoms with Crippen molar-refractivity contribution in [2.75, 3.05) is 12.4 Å². The molecule has 3 heteroatoms. The summed E-state index contributed by atoms with van der Waals surface area (Å²) in [4.78, 5) is 12.1. The van der Waals surface area contributed by atoms with Crippen molar-refractivity contribution >= 4 is 17.5 Å². The maximum atomic E-state index is 12.1. The number of carbonyl (C=O) groups excluding carboxylic acids is 1. The van der Waals surface area contributed by atoms with Crippen LogP contribution < -0.4 is 4.74 Å². The van der Waals surface area contributed by atoms with Gasteiger partial charge in [-0.2, -0.15) is 11.8 Å². The Morgan fingerprint density at radius 1 is 1.25 bits per heavy atom. The first-order valence-corrected chi connectivity index (χ1v) is 8.33. The Morgan fingerprint density at radius 2 is 1.95 bits per heavy atom. The maximum absolute atomic E-state index is 12.1. The van der Waals surface area contributed by atoms with E-state index in [1.807, 2.05) is 36.9 Å². The molecule has 0 amide bonds. The van der Waals surface area contributed by atoms with Crippen LogP contribution in [0.3, 0.4) is 0 Å². The highest BCUT2D eigenvalue weighted by atomic mass is 32.2. The van der Waals surface area contributed by atoms with Gasteiger partial charge in [-0.05, 0) is 41.9 Å². The summed E-state index contributed by atoms with van der Waals surface area (Å²) in [6.07, 6.45) is 0.606.